The van der Waals surface area contributed by atoms with Gasteiger partial charge in [0.05, 0.1) is 45.8 Å². The SMILES string of the molecule is C=C1CC(c2nc3cc(Cl)c(C(F)(F)F)cc3[nH]2)N(C2(F)C=CC=C(n3nccn3)[C@H]2C=O)C1. The van der Waals surface area contributed by atoms with Crippen molar-refractivity contribution in [2.24, 2.45) is 5.92 Å². The maximum absolute atomic E-state index is 16.7. The van der Waals surface area contributed by atoms with Gasteiger partial charge in [-0.1, -0.05) is 29.8 Å². The van der Waals surface area contributed by atoms with Crippen LogP contribution in [0, 0.1) is 5.92 Å². The molecule has 0 bridgehead atoms. The van der Waals surface area contributed by atoms with Crippen LogP contribution in [0.15, 0.2) is 54.9 Å². The predicted octanol–water partition coefficient (Wildman–Crippen LogP) is 4.72. The fourth-order valence-electron chi connectivity index (χ4n) is 4.51. The summed E-state index contributed by atoms with van der Waals surface area (Å²) in [7, 11) is 0. The van der Waals surface area contributed by atoms with E-state index in [2.05, 4.69) is 26.7 Å². The van der Waals surface area contributed by atoms with Crippen molar-refractivity contribution in [2.45, 2.75) is 24.4 Å². The molecule has 3 heterocycles. The lowest BCUT2D eigenvalue weighted by molar-refractivity contribution is -0.137. The number of hydrogen-bond donors (Lipinski definition) is 1. The second kappa shape index (κ2) is 7.88. The summed E-state index contributed by atoms with van der Waals surface area (Å²) < 4.78 is 56.5. The molecule has 1 N–H and O–H groups in total. The molecule has 5 rings (SSSR count). The second-order valence-corrected chi connectivity index (χ2v) is 8.58. The molecule has 12 heteroatoms. The Morgan fingerprint density at radius 1 is 1.26 bits per heavy atom. The Morgan fingerprint density at radius 3 is 2.68 bits per heavy atom. The van der Waals surface area contributed by atoms with Gasteiger partial charge in [-0.3, -0.25) is 4.90 Å². The number of carbonyl (C=O) groups excluding carboxylic acids is 1. The molecular weight excluding hydrogens is 476 g/mol. The van der Waals surface area contributed by atoms with Crippen molar-refractivity contribution < 1.29 is 22.4 Å². The van der Waals surface area contributed by atoms with E-state index in [1.165, 1.54) is 34.2 Å². The van der Waals surface area contributed by atoms with Gasteiger partial charge in [0.1, 0.15) is 18.0 Å². The van der Waals surface area contributed by atoms with Crippen LogP contribution < -0.4 is 0 Å². The van der Waals surface area contributed by atoms with Gasteiger partial charge in [0.25, 0.3) is 0 Å². The van der Waals surface area contributed by atoms with Crippen LogP contribution in [0.2, 0.25) is 5.02 Å². The lowest BCUT2D eigenvalue weighted by Crippen LogP contribution is -2.51. The third-order valence-corrected chi connectivity index (χ3v) is 6.35. The van der Waals surface area contributed by atoms with Crippen molar-refractivity contribution >= 4 is 34.6 Å². The van der Waals surface area contributed by atoms with Gasteiger partial charge in [-0.05, 0) is 30.7 Å². The largest absolute Gasteiger partial charge is 0.417 e. The molecule has 1 aliphatic carbocycles. The zero-order valence-electron chi connectivity index (χ0n) is 17.4. The minimum absolute atomic E-state index is 0.112. The van der Waals surface area contributed by atoms with E-state index in [4.69, 9.17) is 11.6 Å². The molecule has 34 heavy (non-hydrogen) atoms. The number of benzene rings is 1. The fourth-order valence-corrected chi connectivity index (χ4v) is 4.77. The number of H-pyrrole nitrogens is 1. The number of imidazole rings is 1. The van der Waals surface area contributed by atoms with Crippen LogP contribution in [0.5, 0.6) is 0 Å². The number of likely N-dealkylation sites (tertiary alicyclic amines) is 1. The lowest BCUT2D eigenvalue weighted by atomic mass is 9.88. The summed E-state index contributed by atoms with van der Waals surface area (Å²) in [6.45, 7) is 4.08. The molecule has 1 aliphatic heterocycles. The topological polar surface area (TPSA) is 79.7 Å². The molecule has 3 aromatic rings. The monoisotopic (exact) mass is 492 g/mol. The molecule has 7 nitrogen and oxygen atoms in total. The molecule has 1 fully saturated rings. The van der Waals surface area contributed by atoms with Crippen molar-refractivity contribution in [3.8, 4) is 0 Å². The number of nitrogens with one attached hydrogen (secondary N) is 1. The van der Waals surface area contributed by atoms with Crippen LogP contribution in [0.3, 0.4) is 0 Å². The summed E-state index contributed by atoms with van der Waals surface area (Å²) in [4.78, 5) is 22.0. The fraction of sp³-hybridized carbons (Fsp3) is 0.273. The Hall–Kier alpha value is -3.31. The molecule has 3 atom stereocenters. The number of hydrogen-bond acceptors (Lipinski definition) is 5. The average molecular weight is 493 g/mol. The maximum Gasteiger partial charge on any atom is 0.417 e. The van der Waals surface area contributed by atoms with Gasteiger partial charge < -0.3 is 9.78 Å². The first-order chi connectivity index (χ1) is 16.1. The highest BCUT2D eigenvalue weighted by Gasteiger charge is 2.52. The zero-order chi connectivity index (χ0) is 24.3. The van der Waals surface area contributed by atoms with E-state index in [1.807, 2.05) is 0 Å². The van der Waals surface area contributed by atoms with Crippen LogP contribution >= 0.6 is 11.6 Å². The molecule has 176 valence electrons. The van der Waals surface area contributed by atoms with Crippen molar-refractivity contribution in [3.63, 3.8) is 0 Å². The Bertz CT molecular complexity index is 1350. The summed E-state index contributed by atoms with van der Waals surface area (Å²) in [6, 6.07) is 1.29. The van der Waals surface area contributed by atoms with Crippen LogP contribution in [0.25, 0.3) is 16.7 Å². The van der Waals surface area contributed by atoms with E-state index < -0.39 is 34.5 Å². The molecule has 2 unspecified atom stereocenters. The minimum Gasteiger partial charge on any atom is -0.341 e. The lowest BCUT2D eigenvalue weighted by Gasteiger charge is -2.40. The molecule has 0 radical (unpaired) electrons. The quantitative estimate of drug-likeness (QED) is 0.247. The van der Waals surface area contributed by atoms with E-state index in [-0.39, 0.29) is 29.1 Å². The Labute approximate surface area is 195 Å². The number of alkyl halides is 4. The maximum atomic E-state index is 16.7. The van der Waals surface area contributed by atoms with Gasteiger partial charge in [0, 0.05) is 6.54 Å². The van der Waals surface area contributed by atoms with Gasteiger partial charge in [-0.15, -0.1) is 0 Å². The van der Waals surface area contributed by atoms with Crippen LogP contribution in [0.1, 0.15) is 23.9 Å². The number of allylic oxidation sites excluding steroid dienone is 2. The number of aldehydes is 1. The molecule has 2 aromatic heterocycles. The summed E-state index contributed by atoms with van der Waals surface area (Å²) in [6.07, 6.45) is 3.27. The molecule has 1 saturated heterocycles. The van der Waals surface area contributed by atoms with E-state index in [0.29, 0.717) is 18.3 Å². The third kappa shape index (κ3) is 3.55. The Balaban J connectivity index is 1.56. The predicted molar refractivity (Wildman–Crippen MR) is 116 cm³/mol. The smallest absolute Gasteiger partial charge is 0.341 e. The minimum atomic E-state index is -4.64. The molecule has 0 amide bonds. The van der Waals surface area contributed by atoms with Gasteiger partial charge in [-0.2, -0.15) is 28.2 Å². The number of aromatic nitrogens is 5. The summed E-state index contributed by atoms with van der Waals surface area (Å²) in [5.41, 5.74) is 0.259. The molecule has 0 spiro atoms. The number of halogens is 5. The summed E-state index contributed by atoms with van der Waals surface area (Å²) in [5.74, 6) is -3.31. The van der Waals surface area contributed by atoms with E-state index in [0.717, 1.165) is 12.1 Å². The molecular formula is C22H17ClF4N6O. The normalized spacial score (nSPS) is 25.8. The van der Waals surface area contributed by atoms with Gasteiger partial charge >= 0.3 is 6.18 Å². The van der Waals surface area contributed by atoms with Crippen LogP contribution in [-0.4, -0.2) is 48.5 Å². The first-order valence-electron chi connectivity index (χ1n) is 10.2. The summed E-state index contributed by atoms with van der Waals surface area (Å²) >= 11 is 5.83. The highest BCUT2D eigenvalue weighted by atomic mass is 35.5. The average Bonchev–Trinajstić information content (AvgIpc) is 3.51. The van der Waals surface area contributed by atoms with Crippen molar-refractivity contribution in [2.75, 3.05) is 6.54 Å². The number of fused-ring (bicyclic) bond motifs is 1. The molecule has 2 aliphatic rings. The first kappa shape index (κ1) is 22.5. The number of aromatic amines is 1. The first-order valence-corrected chi connectivity index (χ1v) is 10.6. The highest BCUT2D eigenvalue weighted by molar-refractivity contribution is 6.32. The van der Waals surface area contributed by atoms with Crippen LogP contribution in [-0.2, 0) is 11.0 Å². The van der Waals surface area contributed by atoms with E-state index >= 15 is 4.39 Å². The Morgan fingerprint density at radius 2 is 2.00 bits per heavy atom. The van der Waals surface area contributed by atoms with Gasteiger partial charge in [0.15, 0.2) is 5.79 Å². The Kier molecular flexibility index (Phi) is 5.21. The number of rotatable bonds is 4. The second-order valence-electron chi connectivity index (χ2n) is 8.18. The van der Waals surface area contributed by atoms with E-state index in [1.54, 1.807) is 6.08 Å². The molecule has 1 aromatic carbocycles. The standard InChI is InChI=1S/C22H17ClF4N6O/c1-12-7-19(20-30-16-8-13(22(25,26)27)15(23)9-17(16)31-20)32(10-12)21(24)4-2-3-18(14(21)11-34)33-28-5-6-29-33/h2-6,8-9,11,14,19H,1,7,10H2,(H,30,31)/t14-,19?,21?/m1/s1. The van der Waals surface area contributed by atoms with Crippen molar-refractivity contribution in [1.29, 1.82) is 0 Å². The van der Waals surface area contributed by atoms with Crippen LogP contribution in [0.4, 0.5) is 17.6 Å². The van der Waals surface area contributed by atoms with Gasteiger partial charge in [0.2, 0.25) is 0 Å². The number of nitrogens with zero attached hydrogens (tertiary/aromatic N) is 5. The zero-order valence-corrected chi connectivity index (χ0v) is 18.2. The third-order valence-electron chi connectivity index (χ3n) is 6.04. The van der Waals surface area contributed by atoms with Crippen molar-refractivity contribution in [3.05, 3.63) is 71.3 Å². The highest BCUT2D eigenvalue weighted by Crippen LogP contribution is 2.47. The van der Waals surface area contributed by atoms with Crippen molar-refractivity contribution in [1.82, 2.24) is 29.9 Å². The van der Waals surface area contributed by atoms with E-state index in [9.17, 15) is 18.0 Å². The van der Waals surface area contributed by atoms with Gasteiger partial charge in [-0.25, -0.2) is 9.37 Å². The summed E-state index contributed by atoms with van der Waals surface area (Å²) in [5, 5.41) is 7.53. The number of carbonyl (C=O) groups is 1. The molecule has 0 saturated carbocycles.